The Morgan fingerprint density at radius 1 is 1.61 bits per heavy atom. The summed E-state index contributed by atoms with van der Waals surface area (Å²) < 4.78 is 1.76. The van der Waals surface area contributed by atoms with Gasteiger partial charge in [0, 0.05) is 19.1 Å². The zero-order valence-corrected chi connectivity index (χ0v) is 11.2. The smallest absolute Gasteiger partial charge is 0.269 e. The van der Waals surface area contributed by atoms with Crippen molar-refractivity contribution in [2.75, 3.05) is 13.1 Å². The van der Waals surface area contributed by atoms with E-state index in [0.29, 0.717) is 5.69 Å². The van der Waals surface area contributed by atoms with Crippen LogP contribution in [0.3, 0.4) is 0 Å². The van der Waals surface area contributed by atoms with E-state index in [1.54, 1.807) is 4.68 Å². The van der Waals surface area contributed by atoms with Gasteiger partial charge in [-0.15, -0.1) is 0 Å². The summed E-state index contributed by atoms with van der Waals surface area (Å²) in [6, 6.07) is 2.09. The van der Waals surface area contributed by atoms with Gasteiger partial charge in [-0.2, -0.15) is 5.10 Å². The summed E-state index contributed by atoms with van der Waals surface area (Å²) >= 11 is 0. The Balaban J connectivity index is 2.01. The number of hydrogen-bond acceptors (Lipinski definition) is 3. The molecule has 0 radical (unpaired) electrons. The summed E-state index contributed by atoms with van der Waals surface area (Å²) in [6.45, 7) is 6.55. The maximum Gasteiger partial charge on any atom is 0.269 e. The van der Waals surface area contributed by atoms with Crippen molar-refractivity contribution >= 4 is 5.91 Å². The molecule has 1 atom stereocenters. The maximum absolute atomic E-state index is 12.2. The van der Waals surface area contributed by atoms with Gasteiger partial charge in [-0.1, -0.05) is 6.42 Å². The van der Waals surface area contributed by atoms with Crippen molar-refractivity contribution in [2.45, 2.75) is 45.7 Å². The summed E-state index contributed by atoms with van der Waals surface area (Å²) in [5.41, 5.74) is 1.56. The van der Waals surface area contributed by atoms with Crippen molar-refractivity contribution in [3.05, 3.63) is 17.5 Å². The first-order chi connectivity index (χ1) is 8.70. The highest BCUT2D eigenvalue weighted by Crippen LogP contribution is 2.07. The molecule has 0 aromatic carbocycles. The lowest BCUT2D eigenvalue weighted by molar-refractivity contribution is 0.0924. The van der Waals surface area contributed by atoms with E-state index in [-0.39, 0.29) is 11.9 Å². The molecule has 1 aromatic heterocycles. The number of aromatic nitrogens is 2. The third kappa shape index (κ3) is 3.10. The van der Waals surface area contributed by atoms with Crippen LogP contribution in [0.4, 0.5) is 0 Å². The van der Waals surface area contributed by atoms with Gasteiger partial charge >= 0.3 is 0 Å². The first-order valence-corrected chi connectivity index (χ1v) is 6.76. The van der Waals surface area contributed by atoms with Crippen molar-refractivity contribution in [1.29, 1.82) is 0 Å². The largest absolute Gasteiger partial charge is 0.347 e. The summed E-state index contributed by atoms with van der Waals surface area (Å²) in [7, 11) is 0. The van der Waals surface area contributed by atoms with E-state index in [2.05, 4.69) is 15.7 Å². The first-order valence-electron chi connectivity index (χ1n) is 6.76. The predicted octanol–water partition coefficient (Wildman–Crippen LogP) is 1.08. The van der Waals surface area contributed by atoms with Gasteiger partial charge < -0.3 is 10.6 Å². The van der Waals surface area contributed by atoms with Crippen LogP contribution in [0.1, 0.15) is 42.4 Å². The molecular weight excluding hydrogens is 228 g/mol. The molecule has 0 bridgehead atoms. The highest BCUT2D eigenvalue weighted by molar-refractivity contribution is 5.92. The van der Waals surface area contributed by atoms with Gasteiger partial charge in [0.15, 0.2) is 0 Å². The van der Waals surface area contributed by atoms with Crippen LogP contribution in [0.5, 0.6) is 0 Å². The molecule has 2 rings (SSSR count). The molecule has 1 aromatic rings. The van der Waals surface area contributed by atoms with E-state index in [0.717, 1.165) is 31.7 Å². The number of carbonyl (C=O) groups is 1. The quantitative estimate of drug-likeness (QED) is 0.844. The Labute approximate surface area is 108 Å². The summed E-state index contributed by atoms with van der Waals surface area (Å²) in [5.74, 6) is -0.00819. The maximum atomic E-state index is 12.2. The monoisotopic (exact) mass is 250 g/mol. The lowest BCUT2D eigenvalue weighted by atomic mass is 10.1. The normalized spacial score (nSPS) is 20.4. The second kappa shape index (κ2) is 6.00. The summed E-state index contributed by atoms with van der Waals surface area (Å²) in [4.78, 5) is 12.2. The van der Waals surface area contributed by atoms with Crippen LogP contribution >= 0.6 is 0 Å². The molecule has 1 aliphatic rings. The minimum atomic E-state index is -0.00819. The molecule has 1 unspecified atom stereocenters. The number of nitrogens with one attached hydrogen (secondary N) is 2. The van der Waals surface area contributed by atoms with E-state index in [1.807, 2.05) is 19.9 Å². The van der Waals surface area contributed by atoms with Crippen LogP contribution in [-0.4, -0.2) is 34.8 Å². The number of aryl methyl sites for hydroxylation is 2. The molecule has 5 heteroatoms. The van der Waals surface area contributed by atoms with Gasteiger partial charge in [0.25, 0.3) is 5.91 Å². The molecule has 100 valence electrons. The highest BCUT2D eigenvalue weighted by Gasteiger charge is 2.18. The van der Waals surface area contributed by atoms with Crippen molar-refractivity contribution in [2.24, 2.45) is 0 Å². The topological polar surface area (TPSA) is 59.0 Å². The van der Waals surface area contributed by atoms with E-state index < -0.39 is 0 Å². The molecule has 0 spiro atoms. The van der Waals surface area contributed by atoms with E-state index in [4.69, 9.17) is 0 Å². The van der Waals surface area contributed by atoms with Gasteiger partial charge in [0.05, 0.1) is 5.69 Å². The minimum absolute atomic E-state index is 0.00819. The predicted molar refractivity (Wildman–Crippen MR) is 70.6 cm³/mol. The SMILES string of the molecule is CCn1nc(C)cc1C(=O)NC1CCCCNC1. The Morgan fingerprint density at radius 3 is 3.22 bits per heavy atom. The van der Waals surface area contributed by atoms with Crippen molar-refractivity contribution in [3.63, 3.8) is 0 Å². The Kier molecular flexibility index (Phi) is 4.36. The van der Waals surface area contributed by atoms with Gasteiger partial charge in [0.2, 0.25) is 0 Å². The van der Waals surface area contributed by atoms with Gasteiger partial charge in [0.1, 0.15) is 5.69 Å². The van der Waals surface area contributed by atoms with Crippen LogP contribution in [0, 0.1) is 6.92 Å². The molecule has 18 heavy (non-hydrogen) atoms. The molecular formula is C13H22N4O. The number of amides is 1. The van der Waals surface area contributed by atoms with E-state index in [9.17, 15) is 4.79 Å². The lowest BCUT2D eigenvalue weighted by Crippen LogP contribution is -2.41. The van der Waals surface area contributed by atoms with Gasteiger partial charge in [-0.3, -0.25) is 9.48 Å². The van der Waals surface area contributed by atoms with Gasteiger partial charge in [-0.25, -0.2) is 0 Å². The molecule has 0 aliphatic carbocycles. The number of nitrogens with zero attached hydrogens (tertiary/aromatic N) is 2. The third-order valence-electron chi connectivity index (χ3n) is 3.32. The summed E-state index contributed by atoms with van der Waals surface area (Å²) in [5, 5.41) is 10.8. The molecule has 0 saturated carbocycles. The molecule has 1 aliphatic heterocycles. The average Bonchev–Trinajstić information content (AvgIpc) is 2.57. The zero-order chi connectivity index (χ0) is 13.0. The second-order valence-electron chi connectivity index (χ2n) is 4.86. The number of hydrogen-bond donors (Lipinski definition) is 2. The van der Waals surface area contributed by atoms with Gasteiger partial charge in [-0.05, 0) is 39.3 Å². The fourth-order valence-corrected chi connectivity index (χ4v) is 2.37. The molecule has 2 N–H and O–H groups in total. The Morgan fingerprint density at radius 2 is 2.44 bits per heavy atom. The van der Waals surface area contributed by atoms with Crippen LogP contribution in [-0.2, 0) is 6.54 Å². The number of rotatable bonds is 3. The van der Waals surface area contributed by atoms with E-state index >= 15 is 0 Å². The van der Waals surface area contributed by atoms with Crippen molar-refractivity contribution < 1.29 is 4.79 Å². The fourth-order valence-electron chi connectivity index (χ4n) is 2.37. The van der Waals surface area contributed by atoms with E-state index in [1.165, 1.54) is 12.8 Å². The third-order valence-corrected chi connectivity index (χ3v) is 3.32. The van der Waals surface area contributed by atoms with Crippen molar-refractivity contribution in [3.8, 4) is 0 Å². The average molecular weight is 250 g/mol. The number of carbonyl (C=O) groups excluding carboxylic acids is 1. The highest BCUT2D eigenvalue weighted by atomic mass is 16.2. The summed E-state index contributed by atoms with van der Waals surface area (Å²) in [6.07, 6.45) is 3.42. The lowest BCUT2D eigenvalue weighted by Gasteiger charge is -2.16. The van der Waals surface area contributed by atoms with Crippen LogP contribution in [0.25, 0.3) is 0 Å². The second-order valence-corrected chi connectivity index (χ2v) is 4.86. The van der Waals surface area contributed by atoms with Crippen LogP contribution in [0.15, 0.2) is 6.07 Å². The minimum Gasteiger partial charge on any atom is -0.347 e. The van der Waals surface area contributed by atoms with Crippen molar-refractivity contribution in [1.82, 2.24) is 20.4 Å². The molecule has 2 heterocycles. The molecule has 5 nitrogen and oxygen atoms in total. The standard InChI is InChI=1S/C13H22N4O/c1-3-17-12(8-10(2)16-17)13(18)15-11-6-4-5-7-14-9-11/h8,11,14H,3-7,9H2,1-2H3,(H,15,18). The zero-order valence-electron chi connectivity index (χ0n) is 11.2. The fraction of sp³-hybridized carbons (Fsp3) is 0.692. The molecule has 1 amide bonds. The Hall–Kier alpha value is -1.36. The molecule has 1 saturated heterocycles. The Bertz CT molecular complexity index is 405. The van der Waals surface area contributed by atoms with Crippen LogP contribution in [0.2, 0.25) is 0 Å². The first kappa shape index (κ1) is 13.1. The van der Waals surface area contributed by atoms with Crippen LogP contribution < -0.4 is 10.6 Å². The molecule has 1 fully saturated rings.